The van der Waals surface area contributed by atoms with Crippen molar-refractivity contribution in [3.8, 4) is 22.7 Å². The van der Waals surface area contributed by atoms with Gasteiger partial charge in [0.05, 0.1) is 29.4 Å². The zero-order chi connectivity index (χ0) is 28.0. The van der Waals surface area contributed by atoms with E-state index in [1.165, 1.54) is 23.8 Å². The number of piperazine rings is 1. The van der Waals surface area contributed by atoms with E-state index in [1.807, 2.05) is 31.3 Å². The van der Waals surface area contributed by atoms with Crippen LogP contribution >= 0.6 is 0 Å². The van der Waals surface area contributed by atoms with Gasteiger partial charge in [-0.15, -0.1) is 0 Å². The van der Waals surface area contributed by atoms with E-state index in [0.717, 1.165) is 17.2 Å². The van der Waals surface area contributed by atoms with Gasteiger partial charge in [-0.1, -0.05) is 6.07 Å². The Bertz CT molecular complexity index is 1780. The maximum atomic E-state index is 14.4. The van der Waals surface area contributed by atoms with Gasteiger partial charge in [-0.3, -0.25) is 14.3 Å². The van der Waals surface area contributed by atoms with E-state index in [4.69, 9.17) is 4.74 Å². The van der Waals surface area contributed by atoms with Crippen molar-refractivity contribution in [2.24, 2.45) is 0 Å². The lowest BCUT2D eigenvalue weighted by atomic mass is 10.0. The zero-order valence-corrected chi connectivity index (χ0v) is 21.9. The third-order valence-corrected chi connectivity index (χ3v) is 7.38. The van der Waals surface area contributed by atoms with Crippen molar-refractivity contribution in [2.45, 2.75) is 6.18 Å². The molecule has 0 bridgehead atoms. The van der Waals surface area contributed by atoms with Gasteiger partial charge in [0, 0.05) is 72.7 Å². The van der Waals surface area contributed by atoms with Crippen molar-refractivity contribution in [1.29, 1.82) is 0 Å². The number of methoxy groups -OCH3 is 1. The largest absolute Gasteiger partial charge is 0.481 e. The van der Waals surface area contributed by atoms with Gasteiger partial charge in [-0.05, 0) is 55.1 Å². The number of fused-ring (bicyclic) bond motifs is 3. The number of hydrogen-bond donors (Lipinski definition) is 0. The second-order valence-corrected chi connectivity index (χ2v) is 9.88. The van der Waals surface area contributed by atoms with E-state index < -0.39 is 17.3 Å². The van der Waals surface area contributed by atoms with Crippen molar-refractivity contribution >= 4 is 27.5 Å². The highest BCUT2D eigenvalue weighted by molar-refractivity contribution is 6.05. The molecule has 0 atom stereocenters. The molecular weight excluding hydrogens is 519 g/mol. The molecule has 10 heteroatoms. The summed E-state index contributed by atoms with van der Waals surface area (Å²) in [4.78, 5) is 26.0. The zero-order valence-electron chi connectivity index (χ0n) is 21.9. The molecule has 1 fully saturated rings. The van der Waals surface area contributed by atoms with Crippen LogP contribution in [0.3, 0.4) is 0 Å². The molecule has 0 unspecified atom stereocenters. The molecule has 204 valence electrons. The van der Waals surface area contributed by atoms with Crippen LogP contribution in [0.15, 0.2) is 77.9 Å². The Balaban J connectivity index is 1.56. The lowest BCUT2D eigenvalue weighted by Crippen LogP contribution is -2.45. The van der Waals surface area contributed by atoms with E-state index in [9.17, 15) is 18.0 Å². The van der Waals surface area contributed by atoms with Crippen molar-refractivity contribution in [1.82, 2.24) is 19.4 Å². The second kappa shape index (κ2) is 9.95. The molecular formula is C30H26F3N5O2. The quantitative estimate of drug-likeness (QED) is 0.283. The molecule has 6 rings (SSSR count). The first-order chi connectivity index (χ1) is 19.2. The number of pyridine rings is 3. The van der Waals surface area contributed by atoms with E-state index in [-0.39, 0.29) is 11.4 Å². The van der Waals surface area contributed by atoms with Gasteiger partial charge >= 0.3 is 6.18 Å². The smallest absolute Gasteiger partial charge is 0.418 e. The summed E-state index contributed by atoms with van der Waals surface area (Å²) in [7, 11) is 3.49. The Morgan fingerprint density at radius 2 is 1.62 bits per heavy atom. The number of benzene rings is 2. The highest BCUT2D eigenvalue weighted by Gasteiger charge is 2.36. The molecule has 0 radical (unpaired) electrons. The summed E-state index contributed by atoms with van der Waals surface area (Å²) in [5, 5.41) is 1.27. The topological polar surface area (TPSA) is 63.5 Å². The summed E-state index contributed by atoms with van der Waals surface area (Å²) >= 11 is 0. The maximum Gasteiger partial charge on any atom is 0.418 e. The average molecular weight is 546 g/mol. The first-order valence-electron chi connectivity index (χ1n) is 12.8. The lowest BCUT2D eigenvalue weighted by Gasteiger charge is -2.35. The minimum Gasteiger partial charge on any atom is -0.481 e. The fourth-order valence-electron chi connectivity index (χ4n) is 5.23. The van der Waals surface area contributed by atoms with Gasteiger partial charge in [0.15, 0.2) is 0 Å². The molecule has 0 spiro atoms. The fraction of sp³-hybridized carbons (Fsp3) is 0.233. The van der Waals surface area contributed by atoms with Gasteiger partial charge < -0.3 is 14.5 Å². The first-order valence-corrected chi connectivity index (χ1v) is 12.8. The fourth-order valence-corrected chi connectivity index (χ4v) is 5.23. The van der Waals surface area contributed by atoms with Crippen molar-refractivity contribution in [2.75, 3.05) is 45.2 Å². The predicted octanol–water partition coefficient (Wildman–Crippen LogP) is 5.38. The summed E-state index contributed by atoms with van der Waals surface area (Å²) in [5.41, 5.74) is 1.81. The van der Waals surface area contributed by atoms with Crippen LogP contribution in [0.1, 0.15) is 5.56 Å². The van der Waals surface area contributed by atoms with Crippen molar-refractivity contribution in [3.05, 3.63) is 89.0 Å². The molecule has 1 saturated heterocycles. The van der Waals surface area contributed by atoms with E-state index in [1.54, 1.807) is 35.5 Å². The summed E-state index contributed by atoms with van der Waals surface area (Å²) in [5.74, 6) is 0.478. The number of anilines is 1. The van der Waals surface area contributed by atoms with Gasteiger partial charge in [0.25, 0.3) is 5.56 Å². The second-order valence-electron chi connectivity index (χ2n) is 9.88. The molecule has 4 heterocycles. The van der Waals surface area contributed by atoms with Gasteiger partial charge in [0.1, 0.15) is 0 Å². The van der Waals surface area contributed by atoms with Gasteiger partial charge in [-0.25, -0.2) is 4.98 Å². The summed E-state index contributed by atoms with van der Waals surface area (Å²) in [6.45, 7) is 2.33. The number of nitrogens with zero attached hydrogens (tertiary/aromatic N) is 5. The molecule has 7 nitrogen and oxygen atoms in total. The van der Waals surface area contributed by atoms with Crippen molar-refractivity contribution < 1.29 is 17.9 Å². The van der Waals surface area contributed by atoms with E-state index in [0.29, 0.717) is 53.9 Å². The number of aromatic nitrogens is 3. The lowest BCUT2D eigenvalue weighted by molar-refractivity contribution is -0.137. The van der Waals surface area contributed by atoms with Crippen LogP contribution < -0.4 is 15.2 Å². The third-order valence-electron chi connectivity index (χ3n) is 7.38. The number of halogens is 3. The Kier molecular flexibility index (Phi) is 6.42. The number of ether oxygens (including phenoxy) is 1. The standard InChI is InChI=1S/C30H26F3N5O2/c1-36-11-13-37(14-12-36)26-8-6-22(16-24(26)30(31,32)33)38-28(39)10-5-21-18-34-25-7-3-19(15-23(25)29(21)38)20-4-9-27(40-2)35-17-20/h3-10,15-18H,11-14H2,1-2H3. The summed E-state index contributed by atoms with van der Waals surface area (Å²) < 4.78 is 49.7. The Morgan fingerprint density at radius 1 is 0.850 bits per heavy atom. The predicted molar refractivity (Wildman–Crippen MR) is 149 cm³/mol. The molecule has 1 aliphatic heterocycles. The molecule has 1 aliphatic rings. The molecule has 0 amide bonds. The van der Waals surface area contributed by atoms with Crippen LogP contribution in [0, 0.1) is 0 Å². The maximum absolute atomic E-state index is 14.4. The number of rotatable bonds is 4. The van der Waals surface area contributed by atoms with Crippen LogP contribution in [0.5, 0.6) is 5.88 Å². The Labute approximate surface area is 228 Å². The summed E-state index contributed by atoms with van der Waals surface area (Å²) in [6, 6.07) is 16.4. The number of likely N-dealkylation sites (N-methyl/N-ethyl adjacent to an activating group) is 1. The van der Waals surface area contributed by atoms with Gasteiger partial charge in [-0.2, -0.15) is 13.2 Å². The van der Waals surface area contributed by atoms with E-state index >= 15 is 0 Å². The molecule has 0 N–H and O–H groups in total. The first kappa shape index (κ1) is 25.8. The van der Waals surface area contributed by atoms with Crippen molar-refractivity contribution in [3.63, 3.8) is 0 Å². The Hall–Kier alpha value is -4.44. The highest BCUT2D eigenvalue weighted by Crippen LogP contribution is 2.39. The molecule has 5 aromatic rings. The van der Waals surface area contributed by atoms with Crippen LogP contribution in [0.25, 0.3) is 38.6 Å². The normalized spacial score (nSPS) is 14.7. The average Bonchev–Trinajstić information content (AvgIpc) is 2.96. The molecule has 3 aromatic heterocycles. The van der Waals surface area contributed by atoms with Crippen LogP contribution in [-0.2, 0) is 6.18 Å². The summed E-state index contributed by atoms with van der Waals surface area (Å²) in [6.07, 6.45) is -1.29. The third kappa shape index (κ3) is 4.64. The number of hydrogen-bond acceptors (Lipinski definition) is 6. The minimum atomic E-state index is -4.60. The molecule has 0 saturated carbocycles. The molecule has 0 aliphatic carbocycles. The van der Waals surface area contributed by atoms with Crippen LogP contribution in [-0.4, -0.2) is 59.8 Å². The van der Waals surface area contributed by atoms with Gasteiger partial charge in [0.2, 0.25) is 5.88 Å². The van der Waals surface area contributed by atoms with Crippen LogP contribution in [0.2, 0.25) is 0 Å². The minimum absolute atomic E-state index is 0.124. The number of alkyl halides is 3. The molecule has 2 aromatic carbocycles. The van der Waals surface area contributed by atoms with E-state index in [2.05, 4.69) is 14.9 Å². The molecule has 40 heavy (non-hydrogen) atoms. The SMILES string of the molecule is COc1ccc(-c2ccc3ncc4ccc(=O)n(-c5ccc(N6CCN(C)CC6)c(C(F)(F)F)c5)c4c3c2)cn1. The highest BCUT2D eigenvalue weighted by atomic mass is 19.4. The van der Waals surface area contributed by atoms with Crippen LogP contribution in [0.4, 0.5) is 18.9 Å². The monoisotopic (exact) mass is 545 g/mol. The Morgan fingerprint density at radius 3 is 2.33 bits per heavy atom.